The molecule has 66 valence electrons. The molecule has 5 heteroatoms. The van der Waals surface area contributed by atoms with E-state index >= 15 is 0 Å². The molecular weight excluding hydrogens is 158 g/mol. The van der Waals surface area contributed by atoms with E-state index in [4.69, 9.17) is 11.5 Å². The molecule has 0 aliphatic carbocycles. The number of rotatable bonds is 2. The van der Waals surface area contributed by atoms with Crippen molar-refractivity contribution in [3.05, 3.63) is 12.3 Å². The maximum atomic E-state index is 11.1. The average molecular weight is 169 g/mol. The van der Waals surface area contributed by atoms with Crippen LogP contribution in [0.25, 0.3) is 0 Å². The third-order valence-electron chi connectivity index (χ3n) is 1.75. The Hall–Kier alpha value is -1.36. The van der Waals surface area contributed by atoms with Gasteiger partial charge in [0.15, 0.2) is 0 Å². The number of nitrogens with zero attached hydrogens (tertiary/aromatic N) is 1. The summed E-state index contributed by atoms with van der Waals surface area (Å²) < 4.78 is 0. The second kappa shape index (κ2) is 3.36. The van der Waals surface area contributed by atoms with Gasteiger partial charge in [-0.3, -0.25) is 9.59 Å². The van der Waals surface area contributed by atoms with E-state index in [9.17, 15) is 9.59 Å². The fourth-order valence-corrected chi connectivity index (χ4v) is 1.14. The summed E-state index contributed by atoms with van der Waals surface area (Å²) in [4.78, 5) is 23.1. The van der Waals surface area contributed by atoms with E-state index in [1.165, 1.54) is 4.90 Å². The van der Waals surface area contributed by atoms with Gasteiger partial charge in [-0.05, 0) is 6.42 Å². The topological polar surface area (TPSA) is 89.4 Å². The third-order valence-corrected chi connectivity index (χ3v) is 1.75. The van der Waals surface area contributed by atoms with Gasteiger partial charge in [-0.2, -0.15) is 0 Å². The fourth-order valence-electron chi connectivity index (χ4n) is 1.14. The van der Waals surface area contributed by atoms with Crippen molar-refractivity contribution in [2.45, 2.75) is 12.5 Å². The first-order valence-corrected chi connectivity index (χ1v) is 3.64. The van der Waals surface area contributed by atoms with Gasteiger partial charge in [-0.15, -0.1) is 0 Å². The standard InChI is InChI=1S/C7H11N3O2/c8-4-6(11)10-3-1-2-5(10)7(9)12/h1,3,5H,2,4,8H2,(H2,9,12). The second-order valence-electron chi connectivity index (χ2n) is 2.54. The molecule has 0 saturated heterocycles. The fraction of sp³-hybridized carbons (Fsp3) is 0.429. The van der Waals surface area contributed by atoms with Crippen LogP contribution in [0, 0.1) is 0 Å². The Labute approximate surface area is 70.0 Å². The van der Waals surface area contributed by atoms with Gasteiger partial charge in [0.2, 0.25) is 11.8 Å². The molecule has 0 aromatic rings. The first-order chi connectivity index (χ1) is 5.66. The van der Waals surface area contributed by atoms with Crippen molar-refractivity contribution in [1.29, 1.82) is 0 Å². The molecule has 5 nitrogen and oxygen atoms in total. The Morgan fingerprint density at radius 2 is 2.25 bits per heavy atom. The Morgan fingerprint density at radius 3 is 2.75 bits per heavy atom. The van der Waals surface area contributed by atoms with Crippen LogP contribution in [-0.4, -0.2) is 29.3 Å². The molecule has 1 rings (SSSR count). The Balaban J connectivity index is 2.69. The van der Waals surface area contributed by atoms with Crippen molar-refractivity contribution in [3.63, 3.8) is 0 Å². The highest BCUT2D eigenvalue weighted by atomic mass is 16.2. The van der Waals surface area contributed by atoms with Crippen LogP contribution in [-0.2, 0) is 9.59 Å². The average Bonchev–Trinajstić information content (AvgIpc) is 2.50. The first kappa shape index (κ1) is 8.73. The molecule has 12 heavy (non-hydrogen) atoms. The van der Waals surface area contributed by atoms with Crippen LogP contribution >= 0.6 is 0 Å². The number of amides is 2. The van der Waals surface area contributed by atoms with E-state index in [2.05, 4.69) is 0 Å². The number of carbonyl (C=O) groups is 2. The number of nitrogens with two attached hydrogens (primary N) is 2. The van der Waals surface area contributed by atoms with Gasteiger partial charge < -0.3 is 16.4 Å². The van der Waals surface area contributed by atoms with E-state index in [-0.39, 0.29) is 12.5 Å². The molecule has 1 atom stereocenters. The number of primary amides is 1. The summed E-state index contributed by atoms with van der Waals surface area (Å²) in [7, 11) is 0. The zero-order valence-corrected chi connectivity index (χ0v) is 6.56. The van der Waals surface area contributed by atoms with Gasteiger partial charge in [0.25, 0.3) is 0 Å². The number of carbonyl (C=O) groups excluding carboxylic acids is 2. The molecule has 0 radical (unpaired) electrons. The van der Waals surface area contributed by atoms with Crippen LogP contribution in [0.15, 0.2) is 12.3 Å². The molecule has 1 aliphatic rings. The maximum Gasteiger partial charge on any atom is 0.240 e. The first-order valence-electron chi connectivity index (χ1n) is 3.64. The Bertz CT molecular complexity index is 237. The molecule has 2 amide bonds. The number of hydrogen-bond acceptors (Lipinski definition) is 3. The lowest BCUT2D eigenvalue weighted by atomic mass is 10.2. The summed E-state index contributed by atoms with van der Waals surface area (Å²) in [6.45, 7) is -0.103. The van der Waals surface area contributed by atoms with Crippen molar-refractivity contribution in [2.24, 2.45) is 11.5 Å². The van der Waals surface area contributed by atoms with Gasteiger partial charge in [0.1, 0.15) is 6.04 Å². The summed E-state index contributed by atoms with van der Waals surface area (Å²) >= 11 is 0. The smallest absolute Gasteiger partial charge is 0.240 e. The third kappa shape index (κ3) is 1.45. The van der Waals surface area contributed by atoms with E-state index in [1.54, 1.807) is 12.3 Å². The van der Waals surface area contributed by atoms with Crippen LogP contribution in [0.3, 0.4) is 0 Å². The molecule has 0 saturated carbocycles. The molecule has 0 fully saturated rings. The lowest BCUT2D eigenvalue weighted by Gasteiger charge is -2.19. The van der Waals surface area contributed by atoms with Crippen LogP contribution in [0.1, 0.15) is 6.42 Å². The van der Waals surface area contributed by atoms with Gasteiger partial charge in [-0.1, -0.05) is 6.08 Å². The monoisotopic (exact) mass is 169 g/mol. The summed E-state index contributed by atoms with van der Waals surface area (Å²) in [6, 6.07) is -0.541. The minimum absolute atomic E-state index is 0.103. The SMILES string of the molecule is NCC(=O)N1C=CCC1C(N)=O. The summed E-state index contributed by atoms with van der Waals surface area (Å²) in [5.74, 6) is -0.783. The highest BCUT2D eigenvalue weighted by Gasteiger charge is 2.27. The van der Waals surface area contributed by atoms with E-state index < -0.39 is 11.9 Å². The number of hydrogen-bond donors (Lipinski definition) is 2. The van der Waals surface area contributed by atoms with Gasteiger partial charge >= 0.3 is 0 Å². The van der Waals surface area contributed by atoms with Gasteiger partial charge in [0, 0.05) is 6.20 Å². The second-order valence-corrected chi connectivity index (χ2v) is 2.54. The van der Waals surface area contributed by atoms with Crippen molar-refractivity contribution < 1.29 is 9.59 Å². The molecule has 0 aromatic heterocycles. The van der Waals surface area contributed by atoms with Crippen molar-refractivity contribution >= 4 is 11.8 Å². The van der Waals surface area contributed by atoms with Crippen molar-refractivity contribution in [3.8, 4) is 0 Å². The molecule has 1 heterocycles. The predicted molar refractivity (Wildman–Crippen MR) is 42.6 cm³/mol. The van der Waals surface area contributed by atoms with E-state index in [0.29, 0.717) is 6.42 Å². The molecule has 4 N–H and O–H groups in total. The molecule has 1 unspecified atom stereocenters. The minimum atomic E-state index is -0.541. The van der Waals surface area contributed by atoms with Crippen molar-refractivity contribution in [1.82, 2.24) is 4.90 Å². The van der Waals surface area contributed by atoms with Gasteiger partial charge in [-0.25, -0.2) is 0 Å². The van der Waals surface area contributed by atoms with Crippen LogP contribution < -0.4 is 11.5 Å². The van der Waals surface area contributed by atoms with Crippen LogP contribution in [0.5, 0.6) is 0 Å². The van der Waals surface area contributed by atoms with Crippen LogP contribution in [0.4, 0.5) is 0 Å². The highest BCUT2D eigenvalue weighted by Crippen LogP contribution is 2.13. The highest BCUT2D eigenvalue weighted by molar-refractivity contribution is 5.88. The molecule has 0 aromatic carbocycles. The normalized spacial score (nSPS) is 21.4. The summed E-state index contributed by atoms with van der Waals surface area (Å²) in [5.41, 5.74) is 10.2. The Morgan fingerprint density at radius 1 is 1.58 bits per heavy atom. The van der Waals surface area contributed by atoms with Crippen LogP contribution in [0.2, 0.25) is 0 Å². The molecule has 0 spiro atoms. The van der Waals surface area contributed by atoms with E-state index in [0.717, 1.165) is 0 Å². The summed E-state index contributed by atoms with van der Waals surface area (Å²) in [5, 5.41) is 0. The largest absolute Gasteiger partial charge is 0.368 e. The Kier molecular flexibility index (Phi) is 2.44. The minimum Gasteiger partial charge on any atom is -0.368 e. The molecule has 1 aliphatic heterocycles. The van der Waals surface area contributed by atoms with Gasteiger partial charge in [0.05, 0.1) is 6.54 Å². The zero-order valence-electron chi connectivity index (χ0n) is 6.56. The van der Waals surface area contributed by atoms with E-state index in [1.807, 2.05) is 0 Å². The molecule has 0 bridgehead atoms. The predicted octanol–water partition coefficient (Wildman–Crippen LogP) is -1.45. The quantitative estimate of drug-likeness (QED) is 0.529. The van der Waals surface area contributed by atoms with Crippen molar-refractivity contribution in [2.75, 3.05) is 6.54 Å². The lowest BCUT2D eigenvalue weighted by molar-refractivity contribution is -0.134. The lowest BCUT2D eigenvalue weighted by Crippen LogP contribution is -2.44. The summed E-state index contributed by atoms with van der Waals surface area (Å²) in [6.07, 6.45) is 3.76. The molecular formula is C7H11N3O2. The maximum absolute atomic E-state index is 11.1. The zero-order chi connectivity index (χ0) is 9.14.